The molecule has 98 valence electrons. The third-order valence-electron chi connectivity index (χ3n) is 2.81. The van der Waals surface area contributed by atoms with Crippen LogP contribution >= 0.6 is 15.9 Å². The van der Waals surface area contributed by atoms with E-state index in [4.69, 9.17) is 4.74 Å². The fourth-order valence-corrected chi connectivity index (χ4v) is 2.31. The lowest BCUT2D eigenvalue weighted by Gasteiger charge is -2.12. The Morgan fingerprint density at radius 2 is 1.89 bits per heavy atom. The van der Waals surface area contributed by atoms with E-state index >= 15 is 0 Å². The van der Waals surface area contributed by atoms with Gasteiger partial charge in [0.25, 0.3) is 0 Å². The van der Waals surface area contributed by atoms with Gasteiger partial charge in [-0.15, -0.1) is 0 Å². The highest BCUT2D eigenvalue weighted by atomic mass is 79.9. The lowest BCUT2D eigenvalue weighted by atomic mass is 10.00. The molecular formula is C15H13BrO3. The molecule has 0 radical (unpaired) electrons. The summed E-state index contributed by atoms with van der Waals surface area (Å²) in [5.74, 6) is 0.304. The lowest BCUT2D eigenvalue weighted by molar-refractivity contribution is 0.0746. The second-order valence-corrected chi connectivity index (χ2v) is 4.88. The number of methoxy groups -OCH3 is 1. The minimum absolute atomic E-state index is 0.347. The highest BCUT2D eigenvalue weighted by Gasteiger charge is 2.21. The van der Waals surface area contributed by atoms with Crippen LogP contribution in [0.1, 0.15) is 22.0 Å². The van der Waals surface area contributed by atoms with Crippen molar-refractivity contribution in [1.82, 2.24) is 0 Å². The number of halogens is 1. The number of hydrogen-bond donors (Lipinski definition) is 1. The Bertz CT molecular complexity index is 581. The van der Waals surface area contributed by atoms with Gasteiger partial charge >= 0.3 is 0 Å². The molecule has 0 spiro atoms. The van der Waals surface area contributed by atoms with Gasteiger partial charge < -0.3 is 9.84 Å². The van der Waals surface area contributed by atoms with E-state index in [1.165, 1.54) is 0 Å². The molecule has 3 nitrogen and oxygen atoms in total. The summed E-state index contributed by atoms with van der Waals surface area (Å²) in [6.45, 7) is 0. The van der Waals surface area contributed by atoms with Gasteiger partial charge in [0.2, 0.25) is 0 Å². The van der Waals surface area contributed by atoms with Gasteiger partial charge in [0.05, 0.1) is 7.11 Å². The van der Waals surface area contributed by atoms with Crippen molar-refractivity contribution in [3.8, 4) is 5.75 Å². The fraction of sp³-hybridized carbons (Fsp3) is 0.133. The molecule has 1 N–H and O–H groups in total. The van der Waals surface area contributed by atoms with E-state index in [-0.39, 0.29) is 5.78 Å². The highest BCUT2D eigenvalue weighted by molar-refractivity contribution is 9.10. The highest BCUT2D eigenvalue weighted by Crippen LogP contribution is 2.27. The zero-order valence-electron chi connectivity index (χ0n) is 10.3. The van der Waals surface area contributed by atoms with Crippen LogP contribution < -0.4 is 4.74 Å². The first kappa shape index (κ1) is 13.8. The van der Waals surface area contributed by atoms with Crippen LogP contribution in [0.3, 0.4) is 0 Å². The fourth-order valence-electron chi connectivity index (χ4n) is 1.76. The summed E-state index contributed by atoms with van der Waals surface area (Å²) in [7, 11) is 1.56. The molecule has 4 heteroatoms. The Kier molecular flexibility index (Phi) is 4.35. The minimum Gasteiger partial charge on any atom is -0.497 e. The van der Waals surface area contributed by atoms with Gasteiger partial charge in [-0.3, -0.25) is 4.79 Å². The molecule has 0 heterocycles. The molecule has 0 aliphatic rings. The number of benzene rings is 2. The van der Waals surface area contributed by atoms with E-state index in [9.17, 15) is 9.90 Å². The molecule has 0 saturated heterocycles. The molecule has 0 aliphatic heterocycles. The molecule has 1 unspecified atom stereocenters. The number of ketones is 1. The summed E-state index contributed by atoms with van der Waals surface area (Å²) in [5, 5.41) is 10.1. The second-order valence-electron chi connectivity index (χ2n) is 4.02. The van der Waals surface area contributed by atoms with Gasteiger partial charge in [-0.25, -0.2) is 0 Å². The molecule has 0 saturated carbocycles. The van der Waals surface area contributed by atoms with E-state index < -0.39 is 6.10 Å². The standard InChI is InChI=1S/C15H13BrO3/c1-19-11-7-8-12(13(16)9-11)15(18)14(17)10-5-3-2-4-6-10/h2-9,14,17H,1H3. The molecule has 19 heavy (non-hydrogen) atoms. The first-order valence-electron chi connectivity index (χ1n) is 5.74. The lowest BCUT2D eigenvalue weighted by Crippen LogP contribution is -2.12. The zero-order valence-corrected chi connectivity index (χ0v) is 11.9. The van der Waals surface area contributed by atoms with Crippen LogP contribution in [0.2, 0.25) is 0 Å². The SMILES string of the molecule is COc1ccc(C(=O)C(O)c2ccccc2)c(Br)c1. The maximum atomic E-state index is 12.2. The maximum Gasteiger partial charge on any atom is 0.196 e. The maximum absolute atomic E-state index is 12.2. The van der Waals surface area contributed by atoms with Crippen LogP contribution in [-0.4, -0.2) is 18.0 Å². The van der Waals surface area contributed by atoms with Gasteiger partial charge in [0, 0.05) is 10.0 Å². The van der Waals surface area contributed by atoms with Gasteiger partial charge in [-0.2, -0.15) is 0 Å². The number of carbonyl (C=O) groups is 1. The van der Waals surface area contributed by atoms with E-state index in [2.05, 4.69) is 15.9 Å². The van der Waals surface area contributed by atoms with Gasteiger partial charge in [-0.05, 0) is 39.7 Å². The molecule has 0 fully saturated rings. The normalized spacial score (nSPS) is 11.9. The topological polar surface area (TPSA) is 46.5 Å². The molecule has 2 aromatic rings. The van der Waals surface area contributed by atoms with Crippen molar-refractivity contribution in [3.05, 3.63) is 64.1 Å². The monoisotopic (exact) mass is 320 g/mol. The zero-order chi connectivity index (χ0) is 13.8. The molecule has 1 atom stereocenters. The van der Waals surface area contributed by atoms with Crippen molar-refractivity contribution in [2.75, 3.05) is 7.11 Å². The summed E-state index contributed by atoms with van der Waals surface area (Å²) in [4.78, 5) is 12.2. The van der Waals surface area contributed by atoms with E-state index in [0.717, 1.165) is 0 Å². The third-order valence-corrected chi connectivity index (χ3v) is 3.46. The van der Waals surface area contributed by atoms with Gasteiger partial charge in [-0.1, -0.05) is 30.3 Å². The van der Waals surface area contributed by atoms with Crippen molar-refractivity contribution in [2.45, 2.75) is 6.10 Å². The number of aliphatic hydroxyl groups excluding tert-OH is 1. The van der Waals surface area contributed by atoms with Crippen molar-refractivity contribution in [1.29, 1.82) is 0 Å². The molecule has 0 bridgehead atoms. The summed E-state index contributed by atoms with van der Waals surface area (Å²) < 4.78 is 5.67. The van der Waals surface area contributed by atoms with Crippen molar-refractivity contribution >= 4 is 21.7 Å². The Hall–Kier alpha value is -1.65. The second kappa shape index (κ2) is 5.99. The van der Waals surface area contributed by atoms with Crippen molar-refractivity contribution in [2.24, 2.45) is 0 Å². The Labute approximate surface area is 120 Å². The van der Waals surface area contributed by atoms with Crippen LogP contribution in [0, 0.1) is 0 Å². The van der Waals surface area contributed by atoms with Crippen LogP contribution in [0.5, 0.6) is 5.75 Å². The molecule has 2 rings (SSSR count). The number of aliphatic hydroxyl groups is 1. The largest absolute Gasteiger partial charge is 0.497 e. The number of hydrogen-bond acceptors (Lipinski definition) is 3. The summed E-state index contributed by atoms with van der Waals surface area (Å²) in [6, 6.07) is 13.9. The smallest absolute Gasteiger partial charge is 0.196 e. The number of rotatable bonds is 4. The molecule has 0 aliphatic carbocycles. The number of Topliss-reactive ketones (excluding diaryl/α,β-unsaturated/α-hetero) is 1. The summed E-state index contributed by atoms with van der Waals surface area (Å²) in [5.41, 5.74) is 1.01. The summed E-state index contributed by atoms with van der Waals surface area (Å²) >= 11 is 3.32. The molecule has 0 aromatic heterocycles. The predicted octanol–water partition coefficient (Wildman–Crippen LogP) is 3.37. The molecule has 0 amide bonds. The Morgan fingerprint density at radius 3 is 2.47 bits per heavy atom. The quantitative estimate of drug-likeness (QED) is 0.878. The van der Waals surface area contributed by atoms with E-state index in [1.54, 1.807) is 49.6 Å². The Morgan fingerprint density at radius 1 is 1.21 bits per heavy atom. The predicted molar refractivity (Wildman–Crippen MR) is 76.4 cm³/mol. The number of ether oxygens (including phenoxy) is 1. The third kappa shape index (κ3) is 3.03. The van der Waals surface area contributed by atoms with Crippen LogP contribution in [0.4, 0.5) is 0 Å². The van der Waals surface area contributed by atoms with E-state index in [0.29, 0.717) is 21.3 Å². The minimum atomic E-state index is -1.16. The molecular weight excluding hydrogens is 308 g/mol. The summed E-state index contributed by atoms with van der Waals surface area (Å²) in [6.07, 6.45) is -1.16. The number of carbonyl (C=O) groups excluding carboxylic acids is 1. The van der Waals surface area contributed by atoms with Crippen molar-refractivity contribution in [3.63, 3.8) is 0 Å². The van der Waals surface area contributed by atoms with Gasteiger partial charge in [0.15, 0.2) is 5.78 Å². The first-order chi connectivity index (χ1) is 9.13. The average molecular weight is 321 g/mol. The van der Waals surface area contributed by atoms with Crippen LogP contribution in [0.15, 0.2) is 53.0 Å². The van der Waals surface area contributed by atoms with Crippen molar-refractivity contribution < 1.29 is 14.6 Å². The van der Waals surface area contributed by atoms with Crippen LogP contribution in [-0.2, 0) is 0 Å². The Balaban J connectivity index is 2.29. The molecule has 2 aromatic carbocycles. The average Bonchev–Trinajstić information content (AvgIpc) is 2.46. The first-order valence-corrected chi connectivity index (χ1v) is 6.53. The van der Waals surface area contributed by atoms with Gasteiger partial charge in [0.1, 0.15) is 11.9 Å². The van der Waals surface area contributed by atoms with Crippen LogP contribution in [0.25, 0.3) is 0 Å². The van der Waals surface area contributed by atoms with E-state index in [1.807, 2.05) is 6.07 Å².